The van der Waals surface area contributed by atoms with Crippen LogP contribution >= 0.6 is 0 Å². The van der Waals surface area contributed by atoms with Crippen molar-refractivity contribution in [2.75, 3.05) is 6.61 Å². The molecule has 11 atom stereocenters. The Morgan fingerprint density at radius 2 is 1.29 bits per heavy atom. The number of carbonyl (C=O) groups is 10. The fraction of sp³-hybridized carbons (Fsp3) is 0.455. The standard InChI is InChI=1S/C55H59NO20.Na/c1-29-35(72-51(68)45(74-41(64)25-23-39(61)62)43(32-16-10-7-11-17-32)56-49(66)33-18-12-8-13-19-33)27-55(69)48(75-50(67)34-20-14-9-15-21-34)46-53(6,47(65)44(71-30(2)57)42(29)52(55,4)5)36(73-40(63)24-22-38(59)60)26-37-54(46,28-70-37)76-31(3)58;/h7-21,35-37,43-46,48,69H,22-28H2,1-6H3,(H,56,66)(H,59,60)(H,61,62);/q;+1/t35?,36-,37?,43?,44+,45+,46?,48?,53+,54?,55+;/m0./s1. The largest absolute Gasteiger partial charge is 1.00 e. The molecular weight excluding hydrogens is 1020 g/mol. The van der Waals surface area contributed by atoms with Crippen molar-refractivity contribution in [3.8, 4) is 0 Å². The van der Waals surface area contributed by atoms with Gasteiger partial charge in [-0.15, -0.1) is 0 Å². The Balaban J connectivity index is 0.00000961. The average molecular weight is 1080 g/mol. The van der Waals surface area contributed by atoms with E-state index in [1.807, 2.05) is 0 Å². The Hall–Kier alpha value is -6.78. The third-order valence-electron chi connectivity index (χ3n) is 15.0. The van der Waals surface area contributed by atoms with Crippen LogP contribution in [0.25, 0.3) is 0 Å². The van der Waals surface area contributed by atoms with Gasteiger partial charge in [0, 0.05) is 37.7 Å². The summed E-state index contributed by atoms with van der Waals surface area (Å²) in [6.45, 7) is 7.28. The number of carboxylic acid groups (broad SMARTS) is 2. The number of nitrogens with one attached hydrogen (secondary N) is 1. The van der Waals surface area contributed by atoms with Crippen molar-refractivity contribution >= 4 is 59.4 Å². The third-order valence-corrected chi connectivity index (χ3v) is 15.0. The molecule has 3 aromatic rings. The van der Waals surface area contributed by atoms with Gasteiger partial charge in [0.05, 0.1) is 49.2 Å². The number of fused-ring (bicyclic) bond motifs is 5. The number of carbonyl (C=O) groups excluding carboxylic acids is 8. The zero-order chi connectivity index (χ0) is 55.5. The topological polar surface area (TPSA) is 308 Å². The van der Waals surface area contributed by atoms with Crippen molar-refractivity contribution < 1.29 is 126 Å². The van der Waals surface area contributed by atoms with Crippen LogP contribution in [0.2, 0.25) is 0 Å². The van der Waals surface area contributed by atoms with Crippen molar-refractivity contribution in [2.45, 2.75) is 134 Å². The molecule has 21 nitrogen and oxygen atoms in total. The van der Waals surface area contributed by atoms with Gasteiger partial charge < -0.3 is 53.8 Å². The van der Waals surface area contributed by atoms with Crippen molar-refractivity contribution in [3.05, 3.63) is 119 Å². The van der Waals surface area contributed by atoms with Gasteiger partial charge >= 0.3 is 77.3 Å². The zero-order valence-corrected chi connectivity index (χ0v) is 45.5. The van der Waals surface area contributed by atoms with Crippen LogP contribution in [0.15, 0.2) is 102 Å². The van der Waals surface area contributed by atoms with Crippen molar-refractivity contribution in [1.29, 1.82) is 0 Å². The van der Waals surface area contributed by atoms with E-state index in [9.17, 15) is 53.7 Å². The second-order valence-corrected chi connectivity index (χ2v) is 20.1. The molecule has 1 amide bonds. The number of carboxylic acids is 2. The molecule has 0 spiro atoms. The molecule has 3 fully saturated rings. The summed E-state index contributed by atoms with van der Waals surface area (Å²) in [7, 11) is 0. The molecule has 3 aliphatic carbocycles. The summed E-state index contributed by atoms with van der Waals surface area (Å²) in [6, 6.07) is 21.6. The van der Waals surface area contributed by atoms with E-state index in [1.165, 1.54) is 76.2 Å². The minimum absolute atomic E-state index is 0. The van der Waals surface area contributed by atoms with Crippen LogP contribution < -0.4 is 34.9 Å². The van der Waals surface area contributed by atoms with Crippen molar-refractivity contribution in [1.82, 2.24) is 5.32 Å². The Kier molecular flexibility index (Phi) is 18.4. The molecule has 0 radical (unpaired) electrons. The summed E-state index contributed by atoms with van der Waals surface area (Å²) >= 11 is 0. The Labute approximate surface area is 464 Å². The van der Waals surface area contributed by atoms with Gasteiger partial charge in [-0.3, -0.25) is 38.4 Å². The number of rotatable bonds is 18. The first-order valence-electron chi connectivity index (χ1n) is 24.5. The quantitative estimate of drug-likeness (QED) is 0.0608. The van der Waals surface area contributed by atoms with Crippen LogP contribution in [-0.2, 0) is 71.5 Å². The van der Waals surface area contributed by atoms with Crippen LogP contribution in [-0.4, -0.2) is 129 Å². The molecule has 1 aliphatic heterocycles. The Bertz CT molecular complexity index is 2820. The van der Waals surface area contributed by atoms with Crippen LogP contribution in [0, 0.1) is 16.7 Å². The van der Waals surface area contributed by atoms with E-state index < -0.39 is 169 Å². The smallest absolute Gasteiger partial charge is 0.481 e. The summed E-state index contributed by atoms with van der Waals surface area (Å²) in [4.78, 5) is 137. The number of amides is 1. The van der Waals surface area contributed by atoms with Gasteiger partial charge in [-0.05, 0) is 54.8 Å². The van der Waals surface area contributed by atoms with Gasteiger partial charge in [-0.25, -0.2) is 9.59 Å². The number of Topliss-reactive ketones (excluding diaryl/α,β-unsaturated/α-hetero) is 1. The summed E-state index contributed by atoms with van der Waals surface area (Å²) in [6.07, 6.45) is -14.6. The molecule has 1 saturated heterocycles. The molecule has 6 unspecified atom stereocenters. The number of ketones is 1. The molecule has 2 bridgehead atoms. The molecule has 77 heavy (non-hydrogen) atoms. The summed E-state index contributed by atoms with van der Waals surface area (Å²) in [5, 5.41) is 35.7. The molecule has 3 aromatic carbocycles. The van der Waals surface area contributed by atoms with Gasteiger partial charge in [0.1, 0.15) is 36.1 Å². The van der Waals surface area contributed by atoms with E-state index in [2.05, 4.69) is 5.32 Å². The van der Waals surface area contributed by atoms with Crippen LogP contribution in [0.1, 0.15) is 112 Å². The number of aliphatic hydroxyl groups is 1. The average Bonchev–Trinajstić information content (AvgIpc) is 3.37. The molecule has 22 heteroatoms. The van der Waals surface area contributed by atoms with Crippen molar-refractivity contribution in [2.24, 2.45) is 16.7 Å². The Morgan fingerprint density at radius 3 is 1.82 bits per heavy atom. The van der Waals surface area contributed by atoms with Crippen LogP contribution in [0.3, 0.4) is 0 Å². The first-order valence-corrected chi connectivity index (χ1v) is 24.5. The number of benzene rings is 3. The maximum absolute atomic E-state index is 16.2. The van der Waals surface area contributed by atoms with Crippen LogP contribution in [0.4, 0.5) is 0 Å². The maximum Gasteiger partial charge on any atom is 1.00 e. The first kappa shape index (κ1) is 59.5. The van der Waals surface area contributed by atoms with Crippen molar-refractivity contribution in [3.63, 3.8) is 0 Å². The SMILES string of the molecule is CC(=O)O[C@H]1C(=O)[C@@]2(C)C(C(OC(=O)c3ccccc3)[C@]3(O)CC(OC(=O)[C@H](OC(=O)CCC(=O)O)C(NC(=O)c4ccccc4)c4ccccc4)C(C)=C1C3(C)C)C1(OC(C)=O)COC1C[C@@H]2OC(=O)CCC(=O)O.[Na+]. The van der Waals surface area contributed by atoms with Gasteiger partial charge in [-0.2, -0.15) is 0 Å². The predicted octanol–water partition coefficient (Wildman–Crippen LogP) is 1.57. The zero-order valence-electron chi connectivity index (χ0n) is 43.5. The molecule has 0 aromatic heterocycles. The van der Waals surface area contributed by atoms with E-state index in [-0.39, 0.29) is 63.8 Å². The molecule has 7 rings (SSSR count). The number of esters is 6. The molecule has 4 N–H and O–H groups in total. The fourth-order valence-electron chi connectivity index (χ4n) is 11.3. The van der Waals surface area contributed by atoms with E-state index in [0.29, 0.717) is 0 Å². The monoisotopic (exact) mass is 1080 g/mol. The molecule has 2 saturated carbocycles. The van der Waals surface area contributed by atoms with E-state index in [0.717, 1.165) is 13.8 Å². The number of hydrogen-bond acceptors (Lipinski definition) is 18. The molecular formula is C55H59NNaO20+. The second-order valence-electron chi connectivity index (χ2n) is 20.1. The normalized spacial score (nSPS) is 27.5. The fourth-order valence-corrected chi connectivity index (χ4v) is 11.3. The second kappa shape index (κ2) is 23.9. The van der Waals surface area contributed by atoms with Gasteiger partial charge in [-0.1, -0.05) is 80.6 Å². The van der Waals surface area contributed by atoms with Gasteiger partial charge in [0.25, 0.3) is 5.91 Å². The van der Waals surface area contributed by atoms with E-state index >= 15 is 9.59 Å². The maximum atomic E-state index is 16.2. The predicted molar refractivity (Wildman–Crippen MR) is 259 cm³/mol. The molecule has 404 valence electrons. The van der Waals surface area contributed by atoms with E-state index in [1.54, 1.807) is 42.5 Å². The van der Waals surface area contributed by atoms with E-state index in [4.69, 9.17) is 33.2 Å². The molecule has 1 heterocycles. The molecule has 4 aliphatic rings. The van der Waals surface area contributed by atoms with Crippen LogP contribution in [0.5, 0.6) is 0 Å². The third kappa shape index (κ3) is 11.9. The minimum Gasteiger partial charge on any atom is -0.481 e. The number of aliphatic carboxylic acids is 2. The number of hydrogen-bond donors (Lipinski definition) is 4. The van der Waals surface area contributed by atoms with Gasteiger partial charge in [0.2, 0.25) is 6.10 Å². The summed E-state index contributed by atoms with van der Waals surface area (Å²) in [5.74, 6) is -12.8. The summed E-state index contributed by atoms with van der Waals surface area (Å²) in [5.41, 5.74) is -8.62. The minimum atomic E-state index is -2.63. The van der Waals surface area contributed by atoms with Gasteiger partial charge in [0.15, 0.2) is 17.5 Å². The number of ether oxygens (including phenoxy) is 7. The first-order chi connectivity index (χ1) is 35.8. The Morgan fingerprint density at radius 1 is 0.727 bits per heavy atom. The summed E-state index contributed by atoms with van der Waals surface area (Å²) < 4.78 is 42.7.